The Morgan fingerprint density at radius 2 is 1.68 bits per heavy atom. The van der Waals surface area contributed by atoms with Crippen molar-refractivity contribution in [3.63, 3.8) is 0 Å². The molecule has 4 amide bonds. The van der Waals surface area contributed by atoms with Crippen LogP contribution < -0.4 is 15.5 Å². The van der Waals surface area contributed by atoms with E-state index in [-0.39, 0.29) is 60.4 Å². The molecule has 3 aliphatic heterocycles. The fraction of sp³-hybridized carbons (Fsp3) is 0.545. The molecule has 382 valence electrons. The zero-order chi connectivity index (χ0) is 50.7. The Labute approximate surface area is 426 Å². The van der Waals surface area contributed by atoms with Gasteiger partial charge in [0, 0.05) is 88.1 Å². The number of aryl methyl sites for hydroxylation is 1. The number of nitrogens with one attached hydrogen (secondary N) is 2. The smallest absolute Gasteiger partial charge is 0.268 e. The van der Waals surface area contributed by atoms with Crippen LogP contribution in [0.15, 0.2) is 60.4 Å². The molecule has 1 saturated carbocycles. The van der Waals surface area contributed by atoms with E-state index in [9.17, 15) is 29.1 Å². The van der Waals surface area contributed by atoms with Crippen molar-refractivity contribution in [2.75, 3.05) is 44.2 Å². The Morgan fingerprint density at radius 3 is 2.38 bits per heavy atom. The predicted molar refractivity (Wildman–Crippen MR) is 277 cm³/mol. The number of hydrogen-bond acceptors (Lipinski definition) is 12. The van der Waals surface area contributed by atoms with Crippen molar-refractivity contribution >= 4 is 57.5 Å². The molecule has 4 aliphatic rings. The second kappa shape index (κ2) is 21.6. The molecule has 9 rings (SSSR count). The van der Waals surface area contributed by atoms with Crippen molar-refractivity contribution in [2.45, 2.75) is 142 Å². The minimum Gasteiger partial charge on any atom is -0.391 e. The van der Waals surface area contributed by atoms with Gasteiger partial charge in [0.15, 0.2) is 0 Å². The molecule has 17 heteroatoms. The number of thiazole rings is 1. The average molecular weight is 999 g/mol. The van der Waals surface area contributed by atoms with Crippen molar-refractivity contribution in [1.82, 2.24) is 44.9 Å². The second-order valence-corrected chi connectivity index (χ2v) is 22.5. The quantitative estimate of drug-likeness (QED) is 0.0839. The highest BCUT2D eigenvalue weighted by molar-refractivity contribution is 7.13. The number of unbranched alkanes of at least 4 members (excludes halogenated alkanes) is 2. The lowest BCUT2D eigenvalue weighted by atomic mass is 9.76. The SMILES string of the molecule is Cc1ncsc1-c1ccc([C@H](C)NC(=O)[C@@H]2C[C@@H](O)CN2C(=O)[C@@H](CC(=O)CCCCCC(=O)N2CCN(c3ccc(Cc4ncc5cc6n(c5n4)C4(CCCCC4)CNC6=O)nc3)CC2)C(C)(C)C)cc1. The van der Waals surface area contributed by atoms with Crippen LogP contribution in [0.25, 0.3) is 21.5 Å². The first-order chi connectivity index (χ1) is 34.6. The number of likely N-dealkylation sites (tertiary alicyclic amines) is 1. The van der Waals surface area contributed by atoms with E-state index in [0.29, 0.717) is 76.3 Å². The summed E-state index contributed by atoms with van der Waals surface area (Å²) in [6.45, 7) is 13.0. The van der Waals surface area contributed by atoms with Gasteiger partial charge < -0.3 is 35.0 Å². The number of carbonyl (C=O) groups excluding carboxylic acids is 5. The molecule has 1 spiro atoms. The number of Topliss-reactive ketones (excluding diaryl/α,β-unsaturated/α-hetero) is 1. The van der Waals surface area contributed by atoms with Crippen LogP contribution in [0.3, 0.4) is 0 Å². The molecule has 3 fully saturated rings. The Kier molecular flexibility index (Phi) is 15.2. The molecule has 4 aromatic heterocycles. The number of ketones is 1. The van der Waals surface area contributed by atoms with Gasteiger partial charge in [-0.2, -0.15) is 0 Å². The van der Waals surface area contributed by atoms with Crippen LogP contribution in [0.5, 0.6) is 0 Å². The molecule has 0 bridgehead atoms. The molecule has 2 saturated heterocycles. The van der Waals surface area contributed by atoms with E-state index in [1.54, 1.807) is 11.3 Å². The van der Waals surface area contributed by atoms with Gasteiger partial charge in [0.25, 0.3) is 5.91 Å². The molecule has 1 aliphatic carbocycles. The number of piperazine rings is 1. The van der Waals surface area contributed by atoms with Crippen LogP contribution in [-0.4, -0.2) is 120 Å². The van der Waals surface area contributed by atoms with Crippen LogP contribution in [0.1, 0.15) is 144 Å². The van der Waals surface area contributed by atoms with E-state index in [1.807, 2.05) is 93.8 Å². The third kappa shape index (κ3) is 11.1. The number of benzene rings is 1. The maximum atomic E-state index is 14.2. The molecule has 0 unspecified atom stereocenters. The van der Waals surface area contributed by atoms with Gasteiger partial charge >= 0.3 is 0 Å². The third-order valence-corrected chi connectivity index (χ3v) is 16.5. The summed E-state index contributed by atoms with van der Waals surface area (Å²) >= 11 is 1.58. The number of aliphatic hydroxyl groups is 1. The number of hydrogen-bond donors (Lipinski definition) is 3. The van der Waals surface area contributed by atoms with Gasteiger partial charge in [-0.3, -0.25) is 29.0 Å². The lowest BCUT2D eigenvalue weighted by molar-refractivity contribution is -0.146. The lowest BCUT2D eigenvalue weighted by Gasteiger charge is -2.42. The van der Waals surface area contributed by atoms with Crippen LogP contribution >= 0.6 is 11.3 Å². The second-order valence-electron chi connectivity index (χ2n) is 21.7. The maximum absolute atomic E-state index is 14.2. The number of amides is 4. The molecular weight excluding hydrogens is 929 g/mol. The summed E-state index contributed by atoms with van der Waals surface area (Å²) in [7, 11) is 0. The van der Waals surface area contributed by atoms with Gasteiger partial charge in [-0.25, -0.2) is 15.0 Å². The summed E-state index contributed by atoms with van der Waals surface area (Å²) in [4.78, 5) is 93.1. The minimum absolute atomic E-state index is 0.0197. The zero-order valence-corrected chi connectivity index (χ0v) is 43.3. The Morgan fingerprint density at radius 1 is 0.931 bits per heavy atom. The molecule has 16 nitrogen and oxygen atoms in total. The highest BCUT2D eigenvalue weighted by atomic mass is 32.1. The van der Waals surface area contributed by atoms with Crippen LogP contribution in [0.4, 0.5) is 5.69 Å². The van der Waals surface area contributed by atoms with Crippen molar-refractivity contribution < 1.29 is 29.1 Å². The maximum Gasteiger partial charge on any atom is 0.268 e. The number of rotatable bonds is 16. The number of aliphatic hydroxyl groups excluding tert-OH is 1. The predicted octanol–water partition coefficient (Wildman–Crippen LogP) is 7.31. The highest BCUT2D eigenvalue weighted by Crippen LogP contribution is 2.41. The topological polar surface area (TPSA) is 196 Å². The summed E-state index contributed by atoms with van der Waals surface area (Å²) in [5.41, 5.74) is 7.44. The minimum atomic E-state index is -0.841. The molecule has 72 heavy (non-hydrogen) atoms. The number of β-amino-alcohol motifs (C(OH)–C–C–N with tert-alkyl or cyclic N) is 1. The van der Waals surface area contributed by atoms with E-state index < -0.39 is 23.5 Å². The van der Waals surface area contributed by atoms with Gasteiger partial charge in [0.2, 0.25) is 17.7 Å². The first-order valence-corrected chi connectivity index (χ1v) is 26.9. The Bertz CT molecular complexity index is 2770. The Hall–Kier alpha value is -6.07. The Balaban J connectivity index is 0.700. The summed E-state index contributed by atoms with van der Waals surface area (Å²) in [5.74, 6) is -0.562. The van der Waals surface area contributed by atoms with E-state index >= 15 is 0 Å². The van der Waals surface area contributed by atoms with Crippen molar-refractivity contribution in [3.8, 4) is 10.4 Å². The fourth-order valence-electron chi connectivity index (χ4n) is 11.3. The van der Waals surface area contributed by atoms with Gasteiger partial charge in [-0.15, -0.1) is 11.3 Å². The van der Waals surface area contributed by atoms with Crippen molar-refractivity contribution in [1.29, 1.82) is 0 Å². The largest absolute Gasteiger partial charge is 0.391 e. The monoisotopic (exact) mass is 999 g/mol. The van der Waals surface area contributed by atoms with Gasteiger partial charge in [0.05, 0.1) is 52.1 Å². The number of fused-ring (bicyclic) bond motifs is 4. The van der Waals surface area contributed by atoms with E-state index in [0.717, 1.165) is 76.2 Å². The van der Waals surface area contributed by atoms with Crippen LogP contribution in [0, 0.1) is 18.3 Å². The van der Waals surface area contributed by atoms with Crippen molar-refractivity contribution in [2.24, 2.45) is 11.3 Å². The zero-order valence-electron chi connectivity index (χ0n) is 42.5. The lowest BCUT2D eigenvalue weighted by Crippen LogP contribution is -2.52. The van der Waals surface area contributed by atoms with Crippen LogP contribution in [-0.2, 0) is 31.1 Å². The molecule has 1 aromatic carbocycles. The number of pyridine rings is 1. The van der Waals surface area contributed by atoms with Gasteiger partial charge in [0.1, 0.15) is 29.0 Å². The summed E-state index contributed by atoms with van der Waals surface area (Å²) < 4.78 is 2.20. The number of anilines is 1. The molecule has 7 heterocycles. The normalized spacial score (nSPS) is 19.8. The number of aromatic nitrogens is 5. The molecule has 0 radical (unpaired) electrons. The molecule has 4 atom stereocenters. The van der Waals surface area contributed by atoms with E-state index in [4.69, 9.17) is 9.97 Å². The standard InChI is InChI=1S/C55H70N10O6S/c1-35(37-14-16-38(17-15-37)49-36(2)59-34-72-49)60-52(70)45-29-43(67)32-64(45)53(71)44(54(3,4)5)28-42(66)12-8-6-9-13-48(68)63-24-22-62(23-25-63)41-19-18-40(56-31-41)27-47-57-30-39-26-46-51(69)58-33-55(20-10-7-11-21-55)65(46)50(39)61-47/h14-19,26,30-31,34-35,43-45,67H,6-13,20-25,27-29,32-33H2,1-5H3,(H,58,69)(H,60,70)/t35-,43+,44+,45-/m0/s1. The summed E-state index contributed by atoms with van der Waals surface area (Å²) in [5, 5.41) is 17.8. The van der Waals surface area contributed by atoms with Crippen molar-refractivity contribution in [3.05, 3.63) is 88.8 Å². The number of carbonyl (C=O) groups is 5. The third-order valence-electron chi connectivity index (χ3n) is 15.6. The summed E-state index contributed by atoms with van der Waals surface area (Å²) in [6, 6.07) is 12.8. The van der Waals surface area contributed by atoms with Gasteiger partial charge in [-0.1, -0.05) is 70.7 Å². The van der Waals surface area contributed by atoms with Crippen LogP contribution in [0.2, 0.25) is 0 Å². The van der Waals surface area contributed by atoms with Gasteiger partial charge in [-0.05, 0) is 74.3 Å². The molecule has 3 N–H and O–H groups in total. The highest BCUT2D eigenvalue weighted by Gasteiger charge is 2.45. The molecule has 5 aromatic rings. The van der Waals surface area contributed by atoms with E-state index in [2.05, 4.69) is 36.1 Å². The first-order valence-electron chi connectivity index (χ1n) is 26.0. The fourth-order valence-corrected chi connectivity index (χ4v) is 12.1. The molecular formula is C55H70N10O6S. The van der Waals surface area contributed by atoms with E-state index in [1.165, 1.54) is 11.3 Å². The summed E-state index contributed by atoms with van der Waals surface area (Å²) in [6.07, 6.45) is 11.8. The number of nitrogens with zero attached hydrogens (tertiary/aromatic N) is 8. The first kappa shape index (κ1) is 50.9. The average Bonchev–Trinajstić information content (AvgIpc) is 4.11.